The van der Waals surface area contributed by atoms with Crippen LogP contribution in [0.5, 0.6) is 0 Å². The molecule has 1 amide bonds. The molecular weight excluding hydrogens is 252 g/mol. The van der Waals surface area contributed by atoms with Gasteiger partial charge in [-0.1, -0.05) is 6.42 Å². The van der Waals surface area contributed by atoms with Crippen molar-refractivity contribution < 1.29 is 9.53 Å². The average molecular weight is 280 g/mol. The molecule has 3 aliphatic heterocycles. The van der Waals surface area contributed by atoms with E-state index in [2.05, 4.69) is 5.32 Å². The Balaban J connectivity index is 1.70. The second-order valence-corrected chi connectivity index (χ2v) is 7.85. The Bertz CT molecular complexity index is 366. The molecule has 0 aliphatic carbocycles. The maximum Gasteiger partial charge on any atom is 0.410 e. The van der Waals surface area contributed by atoms with E-state index in [-0.39, 0.29) is 6.09 Å². The van der Waals surface area contributed by atoms with Gasteiger partial charge in [0.1, 0.15) is 5.60 Å². The van der Waals surface area contributed by atoms with Crippen LogP contribution in [0.2, 0.25) is 0 Å². The van der Waals surface area contributed by atoms with E-state index in [4.69, 9.17) is 4.74 Å². The molecule has 2 bridgehead atoms. The van der Waals surface area contributed by atoms with E-state index < -0.39 is 5.60 Å². The van der Waals surface area contributed by atoms with E-state index in [1.807, 2.05) is 25.7 Å². The molecular formula is C16H28N2O2. The molecule has 3 heterocycles. The lowest BCUT2D eigenvalue weighted by atomic mass is 9.77. The Morgan fingerprint density at radius 2 is 1.85 bits per heavy atom. The molecule has 3 fully saturated rings. The number of hydrogen-bond acceptors (Lipinski definition) is 3. The molecule has 4 heteroatoms. The standard InChI is InChI=1S/C16H28N2O2/c1-15(2,3)20-14(19)18-12-6-7-13(18)11-16(10-12)8-4-5-9-17-16/h12-13,17H,4-11H2,1-3H3. The molecule has 0 saturated carbocycles. The van der Waals surface area contributed by atoms with Gasteiger partial charge < -0.3 is 15.0 Å². The minimum atomic E-state index is -0.394. The fourth-order valence-corrected chi connectivity index (χ4v) is 4.34. The van der Waals surface area contributed by atoms with Crippen molar-refractivity contribution in [3.63, 3.8) is 0 Å². The Morgan fingerprint density at radius 1 is 1.20 bits per heavy atom. The monoisotopic (exact) mass is 280 g/mol. The van der Waals surface area contributed by atoms with Crippen LogP contribution in [0.4, 0.5) is 4.79 Å². The highest BCUT2D eigenvalue weighted by atomic mass is 16.6. The zero-order chi connectivity index (χ0) is 14.4. The molecule has 20 heavy (non-hydrogen) atoms. The highest BCUT2D eigenvalue weighted by Gasteiger charge is 2.50. The smallest absolute Gasteiger partial charge is 0.410 e. The van der Waals surface area contributed by atoms with E-state index in [1.54, 1.807) is 0 Å². The number of amides is 1. The summed E-state index contributed by atoms with van der Waals surface area (Å²) in [6.07, 6.45) is 8.33. The summed E-state index contributed by atoms with van der Waals surface area (Å²) in [5, 5.41) is 3.76. The Labute approximate surface area is 122 Å². The van der Waals surface area contributed by atoms with Crippen molar-refractivity contribution in [2.24, 2.45) is 0 Å². The number of nitrogens with zero attached hydrogens (tertiary/aromatic N) is 1. The summed E-state index contributed by atoms with van der Waals surface area (Å²) in [5.74, 6) is 0. The van der Waals surface area contributed by atoms with Crippen molar-refractivity contribution in [2.45, 2.75) is 88.9 Å². The van der Waals surface area contributed by atoms with Gasteiger partial charge in [0.25, 0.3) is 0 Å². The number of carbonyl (C=O) groups is 1. The third-order valence-electron chi connectivity index (χ3n) is 5.06. The van der Waals surface area contributed by atoms with E-state index in [0.717, 1.165) is 32.2 Å². The summed E-state index contributed by atoms with van der Waals surface area (Å²) in [5.41, 5.74) is -0.0860. The SMILES string of the molecule is CC(C)(C)OC(=O)N1C2CCC1CC1(CCCCN1)C2. The van der Waals surface area contributed by atoms with Crippen molar-refractivity contribution in [3.8, 4) is 0 Å². The fourth-order valence-electron chi connectivity index (χ4n) is 4.34. The third-order valence-corrected chi connectivity index (χ3v) is 5.06. The lowest BCUT2D eigenvalue weighted by Crippen LogP contribution is -2.60. The van der Waals surface area contributed by atoms with Crippen LogP contribution in [0, 0.1) is 0 Å². The van der Waals surface area contributed by atoms with Gasteiger partial charge in [-0.05, 0) is 65.8 Å². The highest BCUT2D eigenvalue weighted by Crippen LogP contribution is 2.44. The van der Waals surface area contributed by atoms with Gasteiger partial charge in [0.15, 0.2) is 0 Å². The van der Waals surface area contributed by atoms with E-state index in [9.17, 15) is 4.79 Å². The molecule has 0 aromatic carbocycles. The van der Waals surface area contributed by atoms with Crippen LogP contribution in [-0.4, -0.2) is 40.8 Å². The van der Waals surface area contributed by atoms with Crippen LogP contribution < -0.4 is 5.32 Å². The Kier molecular flexibility index (Phi) is 3.47. The second-order valence-electron chi connectivity index (χ2n) is 7.85. The number of ether oxygens (including phenoxy) is 1. The molecule has 3 saturated heterocycles. The molecule has 4 nitrogen and oxygen atoms in total. The number of nitrogens with one attached hydrogen (secondary N) is 1. The lowest BCUT2D eigenvalue weighted by Gasteiger charge is -2.49. The van der Waals surface area contributed by atoms with Gasteiger partial charge in [-0.25, -0.2) is 4.79 Å². The molecule has 1 N–H and O–H groups in total. The highest BCUT2D eigenvalue weighted by molar-refractivity contribution is 5.69. The molecule has 1 spiro atoms. The van der Waals surface area contributed by atoms with Gasteiger partial charge in [-0.15, -0.1) is 0 Å². The van der Waals surface area contributed by atoms with Crippen LogP contribution in [0.3, 0.4) is 0 Å². The summed E-state index contributed by atoms with van der Waals surface area (Å²) in [4.78, 5) is 14.5. The molecule has 2 unspecified atom stereocenters. The number of rotatable bonds is 0. The quantitative estimate of drug-likeness (QED) is 0.741. The average Bonchev–Trinajstić information content (AvgIpc) is 2.62. The first kappa shape index (κ1) is 14.2. The molecule has 114 valence electrons. The molecule has 0 aromatic heterocycles. The van der Waals surface area contributed by atoms with E-state index in [1.165, 1.54) is 19.3 Å². The van der Waals surface area contributed by atoms with Crippen LogP contribution in [-0.2, 0) is 4.74 Å². The Hall–Kier alpha value is -0.770. The van der Waals surface area contributed by atoms with E-state index >= 15 is 0 Å². The van der Waals surface area contributed by atoms with Gasteiger partial charge in [0.05, 0.1) is 0 Å². The number of fused-ring (bicyclic) bond motifs is 2. The minimum absolute atomic E-state index is 0.101. The van der Waals surface area contributed by atoms with Crippen LogP contribution in [0.25, 0.3) is 0 Å². The maximum atomic E-state index is 12.4. The number of carbonyl (C=O) groups excluding carboxylic acids is 1. The molecule has 3 rings (SSSR count). The van der Waals surface area contributed by atoms with Crippen molar-refractivity contribution in [3.05, 3.63) is 0 Å². The first-order valence-corrected chi connectivity index (χ1v) is 8.15. The van der Waals surface area contributed by atoms with Gasteiger partial charge in [0, 0.05) is 17.6 Å². The van der Waals surface area contributed by atoms with Crippen LogP contribution in [0.15, 0.2) is 0 Å². The fraction of sp³-hybridized carbons (Fsp3) is 0.938. The summed E-state index contributed by atoms with van der Waals surface area (Å²) in [7, 11) is 0. The van der Waals surface area contributed by atoms with E-state index in [0.29, 0.717) is 17.6 Å². The van der Waals surface area contributed by atoms with Gasteiger partial charge in [-0.3, -0.25) is 0 Å². The van der Waals surface area contributed by atoms with Crippen LogP contribution >= 0.6 is 0 Å². The van der Waals surface area contributed by atoms with Crippen molar-refractivity contribution in [1.29, 1.82) is 0 Å². The summed E-state index contributed by atoms with van der Waals surface area (Å²) in [6, 6.07) is 0.767. The van der Waals surface area contributed by atoms with Crippen molar-refractivity contribution >= 4 is 6.09 Å². The molecule has 0 aromatic rings. The number of hydrogen-bond donors (Lipinski definition) is 1. The summed E-state index contributed by atoms with van der Waals surface area (Å²) >= 11 is 0. The van der Waals surface area contributed by atoms with Crippen molar-refractivity contribution in [1.82, 2.24) is 10.2 Å². The predicted molar refractivity (Wildman–Crippen MR) is 78.7 cm³/mol. The molecule has 0 radical (unpaired) electrons. The Morgan fingerprint density at radius 3 is 2.35 bits per heavy atom. The first-order chi connectivity index (χ1) is 9.39. The minimum Gasteiger partial charge on any atom is -0.444 e. The zero-order valence-corrected chi connectivity index (χ0v) is 13.1. The predicted octanol–water partition coefficient (Wildman–Crippen LogP) is 3.06. The zero-order valence-electron chi connectivity index (χ0n) is 13.1. The second kappa shape index (κ2) is 4.90. The molecule has 3 aliphatic rings. The molecule has 2 atom stereocenters. The lowest BCUT2D eigenvalue weighted by molar-refractivity contribution is -0.00727. The summed E-state index contributed by atoms with van der Waals surface area (Å²) in [6.45, 7) is 6.98. The van der Waals surface area contributed by atoms with Crippen molar-refractivity contribution in [2.75, 3.05) is 6.54 Å². The van der Waals surface area contributed by atoms with Gasteiger partial charge in [-0.2, -0.15) is 0 Å². The maximum absolute atomic E-state index is 12.4. The summed E-state index contributed by atoms with van der Waals surface area (Å²) < 4.78 is 5.60. The normalized spacial score (nSPS) is 37.2. The van der Waals surface area contributed by atoms with Crippen LogP contribution in [0.1, 0.15) is 65.7 Å². The third kappa shape index (κ3) is 2.67. The topological polar surface area (TPSA) is 41.6 Å². The largest absolute Gasteiger partial charge is 0.444 e. The first-order valence-electron chi connectivity index (χ1n) is 8.15. The van der Waals surface area contributed by atoms with Gasteiger partial charge >= 0.3 is 6.09 Å². The number of piperidine rings is 2. The van der Waals surface area contributed by atoms with Gasteiger partial charge in [0.2, 0.25) is 0 Å².